The minimum absolute atomic E-state index is 0.0337. The zero-order valence-corrected chi connectivity index (χ0v) is 15.9. The van der Waals surface area contributed by atoms with E-state index in [1.807, 2.05) is 5.48 Å². The van der Waals surface area contributed by atoms with Crippen LogP contribution in [0.3, 0.4) is 0 Å². The van der Waals surface area contributed by atoms with E-state index in [2.05, 4.69) is 56.8 Å². The number of benzene rings is 1. The maximum atomic E-state index is 13.3. The monoisotopic (exact) mass is 459 g/mol. The summed E-state index contributed by atoms with van der Waals surface area (Å²) in [5, 5.41) is 27.5. The van der Waals surface area contributed by atoms with Gasteiger partial charge in [0.15, 0.2) is 5.69 Å². The molecule has 2 amide bonds. The third-order valence-corrected chi connectivity index (χ3v) is 3.71. The molecule has 0 aliphatic carbocycles. The van der Waals surface area contributed by atoms with Gasteiger partial charge in [-0.15, -0.1) is 0 Å². The van der Waals surface area contributed by atoms with Crippen LogP contribution in [0.1, 0.15) is 5.69 Å². The Bertz CT molecular complexity index is 876. The molecule has 1 heterocycles. The summed E-state index contributed by atoms with van der Waals surface area (Å²) >= 11 is 3.05. The number of carbonyl (C=O) groups is 2. The number of amides is 2. The molecular weight excluding hydrogens is 445 g/mol. The molecule has 0 radical (unpaired) electrons. The summed E-state index contributed by atoms with van der Waals surface area (Å²) in [6.45, 7) is 0.209. The summed E-state index contributed by atoms with van der Waals surface area (Å²) in [7, 11) is 1.20. The summed E-state index contributed by atoms with van der Waals surface area (Å²) in [5.41, 5.74) is 2.32. The average Bonchev–Trinajstić information content (AvgIpc) is 3.14. The van der Waals surface area contributed by atoms with E-state index in [1.165, 1.54) is 25.3 Å². The number of hydroxylamine groups is 1. The first-order valence-electron chi connectivity index (χ1n) is 7.58. The molecule has 0 aliphatic heterocycles. The van der Waals surface area contributed by atoms with Gasteiger partial charge in [0, 0.05) is 18.8 Å². The predicted molar refractivity (Wildman–Crippen MR) is 97.0 cm³/mol. The summed E-state index contributed by atoms with van der Waals surface area (Å²) in [6.07, 6.45) is 0. The van der Waals surface area contributed by atoms with Crippen molar-refractivity contribution in [1.29, 1.82) is 0 Å². The third-order valence-electron chi connectivity index (χ3n) is 3.10. The van der Waals surface area contributed by atoms with E-state index in [-0.39, 0.29) is 34.9 Å². The number of oxime groups is 1. The second kappa shape index (κ2) is 10.2. The lowest BCUT2D eigenvalue weighted by Crippen LogP contribution is -2.41. The number of amidine groups is 1. The van der Waals surface area contributed by atoms with E-state index in [0.717, 1.165) is 0 Å². The number of anilines is 2. The highest BCUT2D eigenvalue weighted by molar-refractivity contribution is 9.10. The zero-order valence-electron chi connectivity index (χ0n) is 14.3. The molecule has 2 aromatic rings. The summed E-state index contributed by atoms with van der Waals surface area (Å²) in [5.74, 6) is -2.30. The maximum Gasteiger partial charge on any atom is 0.332 e. The molecule has 28 heavy (non-hydrogen) atoms. The zero-order chi connectivity index (χ0) is 20.5. The van der Waals surface area contributed by atoms with Gasteiger partial charge >= 0.3 is 11.8 Å². The molecule has 0 saturated carbocycles. The molecule has 0 atom stereocenters. The molecule has 0 bridgehead atoms. The van der Waals surface area contributed by atoms with E-state index in [0.29, 0.717) is 5.69 Å². The van der Waals surface area contributed by atoms with Crippen molar-refractivity contribution >= 4 is 45.1 Å². The number of nitrogens with zero attached hydrogens (tertiary/aromatic N) is 3. The van der Waals surface area contributed by atoms with Crippen molar-refractivity contribution in [3.05, 3.63) is 34.2 Å². The van der Waals surface area contributed by atoms with Crippen molar-refractivity contribution < 1.29 is 28.7 Å². The van der Waals surface area contributed by atoms with E-state index < -0.39 is 17.6 Å². The maximum absolute atomic E-state index is 13.3. The second-order valence-corrected chi connectivity index (χ2v) is 5.84. The second-order valence-electron chi connectivity index (χ2n) is 4.98. The molecule has 14 heteroatoms. The normalized spacial score (nSPS) is 11.0. The van der Waals surface area contributed by atoms with Crippen LogP contribution in [0.25, 0.3) is 0 Å². The van der Waals surface area contributed by atoms with Crippen LogP contribution in [0.4, 0.5) is 15.9 Å². The lowest BCUT2D eigenvalue weighted by atomic mass is 10.3. The highest BCUT2D eigenvalue weighted by Crippen LogP contribution is 2.21. The van der Waals surface area contributed by atoms with Crippen LogP contribution in [-0.2, 0) is 14.4 Å². The number of hydrogen-bond donors (Lipinski definition) is 5. The Morgan fingerprint density at radius 3 is 2.79 bits per heavy atom. The lowest BCUT2D eigenvalue weighted by molar-refractivity contribution is -0.145. The van der Waals surface area contributed by atoms with Gasteiger partial charge in [0.2, 0.25) is 11.7 Å². The fourth-order valence-electron chi connectivity index (χ4n) is 1.88. The average molecular weight is 460 g/mol. The Hall–Kier alpha value is -3.26. The summed E-state index contributed by atoms with van der Waals surface area (Å²) in [6, 6.07) is 4.07. The molecule has 1 aromatic carbocycles. The number of carbonyl (C=O) groups excluding carboxylic acids is 2. The summed E-state index contributed by atoms with van der Waals surface area (Å²) < 4.78 is 18.1. The number of nitrogens with one attached hydrogen (secondary N) is 4. The molecule has 0 spiro atoms. The molecule has 2 rings (SSSR count). The minimum Gasteiger partial charge on any atom is -0.409 e. The minimum atomic E-state index is -0.948. The smallest absolute Gasteiger partial charge is 0.332 e. The first-order valence-corrected chi connectivity index (χ1v) is 8.37. The molecule has 5 N–H and O–H groups in total. The SMILES string of the molecule is CONC(=O)C(=O)NCCNc1nonc1/C(=N/O)Nc1ccc(F)c(Br)c1. The Morgan fingerprint density at radius 1 is 1.32 bits per heavy atom. The number of aromatic nitrogens is 2. The van der Waals surface area contributed by atoms with Crippen LogP contribution in [0, 0.1) is 5.82 Å². The fraction of sp³-hybridized carbons (Fsp3) is 0.214. The first kappa shape index (κ1) is 21.0. The van der Waals surface area contributed by atoms with Gasteiger partial charge in [-0.2, -0.15) is 0 Å². The van der Waals surface area contributed by atoms with Crippen molar-refractivity contribution in [1.82, 2.24) is 21.1 Å². The highest BCUT2D eigenvalue weighted by Gasteiger charge is 2.18. The van der Waals surface area contributed by atoms with E-state index in [1.54, 1.807) is 0 Å². The highest BCUT2D eigenvalue weighted by atomic mass is 79.9. The Morgan fingerprint density at radius 2 is 2.11 bits per heavy atom. The topological polar surface area (TPSA) is 163 Å². The molecule has 0 aliphatic rings. The van der Waals surface area contributed by atoms with Gasteiger partial charge in [0.25, 0.3) is 0 Å². The van der Waals surface area contributed by atoms with Crippen molar-refractivity contribution in [2.24, 2.45) is 5.16 Å². The Labute approximate surface area is 165 Å². The van der Waals surface area contributed by atoms with Crippen molar-refractivity contribution in [3.8, 4) is 0 Å². The van der Waals surface area contributed by atoms with Gasteiger partial charge in [0.1, 0.15) is 5.82 Å². The molecule has 0 saturated heterocycles. The van der Waals surface area contributed by atoms with Gasteiger partial charge in [-0.1, -0.05) is 5.16 Å². The molecule has 0 unspecified atom stereocenters. The van der Waals surface area contributed by atoms with E-state index in [4.69, 9.17) is 0 Å². The Kier molecular flexibility index (Phi) is 7.65. The van der Waals surface area contributed by atoms with Crippen LogP contribution in [0.2, 0.25) is 0 Å². The van der Waals surface area contributed by atoms with Crippen molar-refractivity contribution in [2.75, 3.05) is 30.8 Å². The van der Waals surface area contributed by atoms with Crippen LogP contribution >= 0.6 is 15.9 Å². The molecule has 12 nitrogen and oxygen atoms in total. The molecule has 0 fully saturated rings. The van der Waals surface area contributed by atoms with Gasteiger partial charge in [0.05, 0.1) is 11.6 Å². The van der Waals surface area contributed by atoms with Crippen LogP contribution in [0.5, 0.6) is 0 Å². The quantitative estimate of drug-likeness (QED) is 0.0985. The van der Waals surface area contributed by atoms with Gasteiger partial charge in [-0.3, -0.25) is 14.4 Å². The van der Waals surface area contributed by atoms with Crippen LogP contribution in [0.15, 0.2) is 32.5 Å². The van der Waals surface area contributed by atoms with Crippen molar-refractivity contribution in [3.63, 3.8) is 0 Å². The standard InChI is InChI=1S/C14H15BrFN7O5/c1-27-23-14(25)13(24)18-5-4-17-11-10(21-28-22-11)12(20-26)19-7-2-3-9(16)8(15)6-7/h2-3,6,26H,4-5H2,1H3,(H,17,22)(H,18,24)(H,19,20)(H,23,25). The van der Waals surface area contributed by atoms with Crippen LogP contribution < -0.4 is 21.4 Å². The summed E-state index contributed by atoms with van der Waals surface area (Å²) in [4.78, 5) is 26.9. The largest absolute Gasteiger partial charge is 0.409 e. The van der Waals surface area contributed by atoms with Gasteiger partial charge < -0.3 is 21.2 Å². The number of halogens is 2. The van der Waals surface area contributed by atoms with Gasteiger partial charge in [-0.05, 0) is 44.4 Å². The van der Waals surface area contributed by atoms with E-state index >= 15 is 0 Å². The third kappa shape index (κ3) is 5.62. The number of hydrogen-bond acceptors (Lipinski definition) is 9. The first-order chi connectivity index (χ1) is 13.5. The van der Waals surface area contributed by atoms with Crippen molar-refractivity contribution in [2.45, 2.75) is 0 Å². The predicted octanol–water partition coefficient (Wildman–Crippen LogP) is 0.425. The number of rotatable bonds is 7. The van der Waals surface area contributed by atoms with Gasteiger partial charge in [-0.25, -0.2) is 14.5 Å². The molecule has 150 valence electrons. The lowest BCUT2D eigenvalue weighted by Gasteiger charge is -2.09. The van der Waals surface area contributed by atoms with Crippen LogP contribution in [-0.4, -0.2) is 53.4 Å². The van der Waals surface area contributed by atoms with E-state index in [9.17, 15) is 19.2 Å². The fourth-order valence-corrected chi connectivity index (χ4v) is 2.26. The molecule has 1 aromatic heterocycles. The molecular formula is C14H15BrFN7O5. The Balaban J connectivity index is 1.95.